The van der Waals surface area contributed by atoms with E-state index < -0.39 is 0 Å². The van der Waals surface area contributed by atoms with E-state index in [1.807, 2.05) is 24.3 Å². The summed E-state index contributed by atoms with van der Waals surface area (Å²) in [5, 5.41) is 9.09. The van der Waals surface area contributed by atoms with Gasteiger partial charge in [-0.25, -0.2) is 0 Å². The van der Waals surface area contributed by atoms with Crippen LogP contribution >= 0.6 is 0 Å². The van der Waals surface area contributed by atoms with E-state index in [0.717, 1.165) is 5.56 Å². The Balaban J connectivity index is 1.90. The van der Waals surface area contributed by atoms with Crippen molar-refractivity contribution in [3.63, 3.8) is 0 Å². The highest BCUT2D eigenvalue weighted by atomic mass is 32.2. The van der Waals surface area contributed by atoms with Gasteiger partial charge in [-0.15, -0.1) is 0 Å². The van der Waals surface area contributed by atoms with Crippen molar-refractivity contribution in [2.45, 2.75) is 14.7 Å². The largest absolute Gasteiger partial charge is 0.192 e. The number of hydrogen-bond acceptors (Lipinski definition) is 1. The lowest BCUT2D eigenvalue weighted by molar-refractivity contribution is 1.32. The molecule has 27 heavy (non-hydrogen) atoms. The SMILES string of the molecule is N#Cc1ccc(-c2ccccc2[S+](c2ccccc2)c2ccccc2)cc1. The summed E-state index contributed by atoms with van der Waals surface area (Å²) in [7, 11) is -0.199. The molecule has 0 spiro atoms. The first kappa shape index (κ1) is 17.1. The van der Waals surface area contributed by atoms with Crippen molar-refractivity contribution < 1.29 is 0 Å². The molecule has 0 aliphatic rings. The van der Waals surface area contributed by atoms with Crippen molar-refractivity contribution in [2.24, 2.45) is 0 Å². The lowest BCUT2D eigenvalue weighted by atomic mass is 10.0. The van der Waals surface area contributed by atoms with Gasteiger partial charge in [0, 0.05) is 5.56 Å². The Hall–Kier alpha value is -3.28. The average Bonchev–Trinajstić information content (AvgIpc) is 2.76. The van der Waals surface area contributed by atoms with E-state index in [1.54, 1.807) is 0 Å². The van der Waals surface area contributed by atoms with E-state index in [-0.39, 0.29) is 10.9 Å². The fourth-order valence-corrected chi connectivity index (χ4v) is 5.37. The van der Waals surface area contributed by atoms with Crippen molar-refractivity contribution in [3.8, 4) is 17.2 Å². The number of nitrogens with zero attached hydrogens (tertiary/aromatic N) is 1. The van der Waals surface area contributed by atoms with Crippen LogP contribution in [0.5, 0.6) is 0 Å². The van der Waals surface area contributed by atoms with Crippen LogP contribution in [0, 0.1) is 11.3 Å². The van der Waals surface area contributed by atoms with Crippen molar-refractivity contribution in [3.05, 3.63) is 115 Å². The summed E-state index contributed by atoms with van der Waals surface area (Å²) >= 11 is 0. The maximum atomic E-state index is 9.09. The minimum Gasteiger partial charge on any atom is -0.192 e. The number of hydrogen-bond donors (Lipinski definition) is 0. The second-order valence-corrected chi connectivity index (χ2v) is 8.11. The zero-order valence-electron chi connectivity index (χ0n) is 14.7. The van der Waals surface area contributed by atoms with Gasteiger partial charge >= 0.3 is 0 Å². The van der Waals surface area contributed by atoms with Gasteiger partial charge in [-0.05, 0) is 54.1 Å². The summed E-state index contributed by atoms with van der Waals surface area (Å²) in [6, 6.07) is 39.9. The third-order valence-electron chi connectivity index (χ3n) is 4.39. The van der Waals surface area contributed by atoms with Crippen LogP contribution < -0.4 is 0 Å². The van der Waals surface area contributed by atoms with E-state index in [4.69, 9.17) is 5.26 Å². The first-order chi connectivity index (χ1) is 13.4. The molecule has 0 bridgehead atoms. The number of benzene rings is 4. The van der Waals surface area contributed by atoms with E-state index >= 15 is 0 Å². The van der Waals surface area contributed by atoms with Gasteiger partial charge in [0.25, 0.3) is 0 Å². The lowest BCUT2D eigenvalue weighted by Crippen LogP contribution is -2.06. The zero-order valence-corrected chi connectivity index (χ0v) is 15.6. The zero-order chi connectivity index (χ0) is 18.5. The van der Waals surface area contributed by atoms with E-state index in [2.05, 4.69) is 91.0 Å². The molecular weight excluding hydrogens is 346 g/mol. The summed E-state index contributed by atoms with van der Waals surface area (Å²) < 4.78 is 0. The normalized spacial score (nSPS) is 10.5. The molecule has 4 rings (SSSR count). The molecule has 0 heterocycles. The monoisotopic (exact) mass is 364 g/mol. The van der Waals surface area contributed by atoms with Gasteiger partial charge < -0.3 is 0 Å². The van der Waals surface area contributed by atoms with Crippen LogP contribution in [-0.2, 0) is 10.9 Å². The molecule has 4 aromatic carbocycles. The Bertz CT molecular complexity index is 1030. The second-order valence-electron chi connectivity index (χ2n) is 6.12. The van der Waals surface area contributed by atoms with Gasteiger partial charge in [-0.3, -0.25) is 0 Å². The smallest absolute Gasteiger partial charge is 0.174 e. The van der Waals surface area contributed by atoms with Crippen LogP contribution in [-0.4, -0.2) is 0 Å². The summed E-state index contributed by atoms with van der Waals surface area (Å²) in [6.07, 6.45) is 0. The molecule has 0 atom stereocenters. The van der Waals surface area contributed by atoms with Crippen molar-refractivity contribution >= 4 is 10.9 Å². The summed E-state index contributed by atoms with van der Waals surface area (Å²) in [4.78, 5) is 3.88. The maximum absolute atomic E-state index is 9.09. The highest BCUT2D eigenvalue weighted by Crippen LogP contribution is 2.37. The Labute approximate surface area is 162 Å². The highest BCUT2D eigenvalue weighted by molar-refractivity contribution is 7.97. The third-order valence-corrected chi connectivity index (χ3v) is 6.67. The third kappa shape index (κ3) is 3.65. The van der Waals surface area contributed by atoms with Crippen LogP contribution in [0.15, 0.2) is 124 Å². The molecule has 0 aromatic heterocycles. The van der Waals surface area contributed by atoms with Crippen LogP contribution in [0.1, 0.15) is 5.56 Å². The van der Waals surface area contributed by atoms with Crippen LogP contribution in [0.3, 0.4) is 0 Å². The highest BCUT2D eigenvalue weighted by Gasteiger charge is 2.31. The first-order valence-electron chi connectivity index (χ1n) is 8.81. The molecule has 0 N–H and O–H groups in total. The van der Waals surface area contributed by atoms with Crippen LogP contribution in [0.2, 0.25) is 0 Å². The molecule has 0 amide bonds. The van der Waals surface area contributed by atoms with E-state index in [0.29, 0.717) is 5.56 Å². The quantitative estimate of drug-likeness (QED) is 0.389. The van der Waals surface area contributed by atoms with Crippen molar-refractivity contribution in [1.82, 2.24) is 0 Å². The fraction of sp³-hybridized carbons (Fsp3) is 0. The van der Waals surface area contributed by atoms with Crippen molar-refractivity contribution in [1.29, 1.82) is 5.26 Å². The summed E-state index contributed by atoms with van der Waals surface area (Å²) in [6.45, 7) is 0. The molecule has 0 saturated carbocycles. The summed E-state index contributed by atoms with van der Waals surface area (Å²) in [5.74, 6) is 0. The summed E-state index contributed by atoms with van der Waals surface area (Å²) in [5.41, 5.74) is 3.02. The topological polar surface area (TPSA) is 23.8 Å². The van der Waals surface area contributed by atoms with Gasteiger partial charge in [0.2, 0.25) is 0 Å². The predicted molar refractivity (Wildman–Crippen MR) is 112 cm³/mol. The van der Waals surface area contributed by atoms with E-state index in [1.165, 1.54) is 20.2 Å². The molecule has 4 aromatic rings. The molecule has 0 aliphatic carbocycles. The minimum absolute atomic E-state index is 0.199. The first-order valence-corrected chi connectivity index (χ1v) is 10.0. The van der Waals surface area contributed by atoms with E-state index in [9.17, 15) is 0 Å². The number of rotatable bonds is 4. The molecule has 1 nitrogen and oxygen atoms in total. The van der Waals surface area contributed by atoms with Crippen molar-refractivity contribution in [2.75, 3.05) is 0 Å². The molecule has 0 fully saturated rings. The molecule has 128 valence electrons. The Morgan fingerprint density at radius 2 is 1.07 bits per heavy atom. The van der Waals surface area contributed by atoms with Crippen LogP contribution in [0.4, 0.5) is 0 Å². The number of nitriles is 1. The maximum Gasteiger partial charge on any atom is 0.174 e. The molecule has 0 saturated heterocycles. The molecule has 2 heteroatoms. The molecular formula is C25H18NS+. The standard InChI is InChI=1S/C25H18NS/c26-19-20-15-17-21(18-16-20)24-13-7-8-14-25(24)27(22-9-3-1-4-10-22)23-11-5-2-6-12-23/h1-18H/q+1. The van der Waals surface area contributed by atoms with Crippen LogP contribution in [0.25, 0.3) is 11.1 Å². The Morgan fingerprint density at radius 1 is 0.556 bits per heavy atom. The van der Waals surface area contributed by atoms with Gasteiger partial charge in [0.15, 0.2) is 14.7 Å². The van der Waals surface area contributed by atoms with Gasteiger partial charge in [-0.1, -0.05) is 60.7 Å². The Morgan fingerprint density at radius 3 is 1.63 bits per heavy atom. The minimum atomic E-state index is -0.199. The Kier molecular flexibility index (Phi) is 5.05. The molecule has 0 radical (unpaired) electrons. The second kappa shape index (κ2) is 7.95. The van der Waals surface area contributed by atoms with Gasteiger partial charge in [0.1, 0.15) is 0 Å². The fourth-order valence-electron chi connectivity index (χ4n) is 3.11. The lowest BCUT2D eigenvalue weighted by Gasteiger charge is -2.12. The van der Waals surface area contributed by atoms with Gasteiger partial charge in [0.05, 0.1) is 22.5 Å². The molecule has 0 aliphatic heterocycles. The van der Waals surface area contributed by atoms with Gasteiger partial charge in [-0.2, -0.15) is 5.26 Å². The average molecular weight is 364 g/mol. The predicted octanol–water partition coefficient (Wildman–Crippen LogP) is 6.32. The molecule has 0 unspecified atom stereocenters.